The maximum absolute atomic E-state index is 5.15. The van der Waals surface area contributed by atoms with E-state index in [1.807, 2.05) is 19.2 Å². The molecule has 0 radical (unpaired) electrons. The van der Waals surface area contributed by atoms with E-state index >= 15 is 0 Å². The van der Waals surface area contributed by atoms with E-state index in [1.54, 1.807) is 7.11 Å². The van der Waals surface area contributed by atoms with Crippen molar-refractivity contribution < 1.29 is 4.74 Å². The first-order chi connectivity index (χ1) is 7.10. The van der Waals surface area contributed by atoms with E-state index in [4.69, 9.17) is 4.74 Å². The van der Waals surface area contributed by atoms with Crippen molar-refractivity contribution >= 4 is 0 Å². The van der Waals surface area contributed by atoms with Crippen LogP contribution in [0.4, 0.5) is 0 Å². The van der Waals surface area contributed by atoms with Crippen LogP contribution in [0.3, 0.4) is 0 Å². The first kappa shape index (κ1) is 12.1. The Bertz CT molecular complexity index is 290. The second kappa shape index (κ2) is 5.17. The highest BCUT2D eigenvalue weighted by Gasteiger charge is 2.19. The Morgan fingerprint density at radius 2 is 1.80 bits per heavy atom. The predicted molar refractivity (Wildman–Crippen MR) is 64.6 cm³/mol. The first-order valence-electron chi connectivity index (χ1n) is 5.39. The van der Waals surface area contributed by atoms with Gasteiger partial charge < -0.3 is 10.1 Å². The van der Waals surface area contributed by atoms with Gasteiger partial charge in [-0.2, -0.15) is 0 Å². The number of benzene rings is 1. The van der Waals surface area contributed by atoms with Crippen LogP contribution in [-0.2, 0) is 5.41 Å². The molecule has 0 aliphatic rings. The largest absolute Gasteiger partial charge is 0.497 e. The van der Waals surface area contributed by atoms with Crippen LogP contribution in [0.25, 0.3) is 0 Å². The molecule has 2 nitrogen and oxygen atoms in total. The molecule has 0 unspecified atom stereocenters. The van der Waals surface area contributed by atoms with E-state index in [9.17, 15) is 0 Å². The molecule has 0 aromatic heterocycles. The van der Waals surface area contributed by atoms with Crippen LogP contribution in [0.15, 0.2) is 24.3 Å². The van der Waals surface area contributed by atoms with Gasteiger partial charge >= 0.3 is 0 Å². The van der Waals surface area contributed by atoms with Crippen LogP contribution in [-0.4, -0.2) is 20.7 Å². The Hall–Kier alpha value is -1.02. The fourth-order valence-corrected chi connectivity index (χ4v) is 1.62. The maximum Gasteiger partial charge on any atom is 0.118 e. The summed E-state index contributed by atoms with van der Waals surface area (Å²) in [5, 5.41) is 3.19. The average molecular weight is 207 g/mol. The zero-order chi connectivity index (χ0) is 11.3. The number of hydrogen-bond donors (Lipinski definition) is 1. The van der Waals surface area contributed by atoms with Gasteiger partial charge in [0, 0.05) is 0 Å². The van der Waals surface area contributed by atoms with Crippen LogP contribution in [0.2, 0.25) is 0 Å². The van der Waals surface area contributed by atoms with Crippen molar-refractivity contribution in [3.63, 3.8) is 0 Å². The molecule has 1 rings (SSSR count). The highest BCUT2D eigenvalue weighted by molar-refractivity contribution is 5.31. The molecular weight excluding hydrogens is 186 g/mol. The topological polar surface area (TPSA) is 21.3 Å². The summed E-state index contributed by atoms with van der Waals surface area (Å²) in [4.78, 5) is 0. The summed E-state index contributed by atoms with van der Waals surface area (Å²) < 4.78 is 5.15. The highest BCUT2D eigenvalue weighted by Crippen LogP contribution is 2.27. The lowest BCUT2D eigenvalue weighted by molar-refractivity contribution is 0.413. The third kappa shape index (κ3) is 3.24. The smallest absolute Gasteiger partial charge is 0.118 e. The maximum atomic E-state index is 5.15. The molecule has 0 aliphatic heterocycles. The van der Waals surface area contributed by atoms with Crippen molar-refractivity contribution in [2.45, 2.75) is 25.7 Å². The molecule has 0 spiro atoms. The fourth-order valence-electron chi connectivity index (χ4n) is 1.62. The zero-order valence-electron chi connectivity index (χ0n) is 10.1. The number of rotatable bonds is 5. The molecule has 0 bridgehead atoms. The Balaban J connectivity index is 2.75. The number of hydrogen-bond acceptors (Lipinski definition) is 2. The molecule has 0 atom stereocenters. The standard InChI is InChI=1S/C13H21NO/c1-13(2,9-10-14-3)11-5-7-12(15-4)8-6-11/h5-8,14H,9-10H2,1-4H3. The minimum atomic E-state index is 0.218. The summed E-state index contributed by atoms with van der Waals surface area (Å²) in [5.74, 6) is 0.920. The zero-order valence-corrected chi connectivity index (χ0v) is 10.1. The molecule has 1 N–H and O–H groups in total. The minimum absolute atomic E-state index is 0.218. The summed E-state index contributed by atoms with van der Waals surface area (Å²) in [5.41, 5.74) is 1.58. The molecular formula is C13H21NO. The van der Waals surface area contributed by atoms with Crippen molar-refractivity contribution in [1.82, 2.24) is 5.32 Å². The summed E-state index contributed by atoms with van der Waals surface area (Å²) >= 11 is 0. The quantitative estimate of drug-likeness (QED) is 0.801. The molecule has 1 aromatic carbocycles. The molecule has 0 aliphatic carbocycles. The second-order valence-corrected chi connectivity index (χ2v) is 4.47. The molecule has 0 saturated carbocycles. The van der Waals surface area contributed by atoms with E-state index in [0.29, 0.717) is 0 Å². The molecule has 0 heterocycles. The summed E-state index contributed by atoms with van der Waals surface area (Å²) in [6, 6.07) is 8.34. The van der Waals surface area contributed by atoms with Gasteiger partial charge in [-0.05, 0) is 43.1 Å². The van der Waals surface area contributed by atoms with E-state index in [-0.39, 0.29) is 5.41 Å². The molecule has 0 amide bonds. The Morgan fingerprint density at radius 3 is 2.27 bits per heavy atom. The van der Waals surface area contributed by atoms with Gasteiger partial charge in [0.1, 0.15) is 5.75 Å². The van der Waals surface area contributed by atoms with Crippen molar-refractivity contribution in [1.29, 1.82) is 0 Å². The van der Waals surface area contributed by atoms with Crippen LogP contribution < -0.4 is 10.1 Å². The highest BCUT2D eigenvalue weighted by atomic mass is 16.5. The van der Waals surface area contributed by atoms with E-state index in [0.717, 1.165) is 18.7 Å². The Morgan fingerprint density at radius 1 is 1.20 bits per heavy atom. The van der Waals surface area contributed by atoms with Crippen molar-refractivity contribution in [2.75, 3.05) is 20.7 Å². The van der Waals surface area contributed by atoms with Gasteiger partial charge in [0.2, 0.25) is 0 Å². The first-order valence-corrected chi connectivity index (χ1v) is 5.39. The van der Waals surface area contributed by atoms with Gasteiger partial charge in [-0.1, -0.05) is 26.0 Å². The lowest BCUT2D eigenvalue weighted by atomic mass is 9.81. The molecule has 15 heavy (non-hydrogen) atoms. The third-order valence-electron chi connectivity index (χ3n) is 2.87. The second-order valence-electron chi connectivity index (χ2n) is 4.47. The predicted octanol–water partition coefficient (Wildman–Crippen LogP) is 2.58. The van der Waals surface area contributed by atoms with Gasteiger partial charge in [-0.25, -0.2) is 0 Å². The fraction of sp³-hybridized carbons (Fsp3) is 0.538. The van der Waals surface area contributed by atoms with E-state index in [2.05, 4.69) is 31.3 Å². The SMILES string of the molecule is CNCCC(C)(C)c1ccc(OC)cc1. The van der Waals surface area contributed by atoms with Gasteiger partial charge in [0.25, 0.3) is 0 Å². The normalized spacial score (nSPS) is 11.5. The molecule has 0 saturated heterocycles. The van der Waals surface area contributed by atoms with Crippen LogP contribution in [0.1, 0.15) is 25.8 Å². The third-order valence-corrected chi connectivity index (χ3v) is 2.87. The molecule has 1 aromatic rings. The van der Waals surface area contributed by atoms with Gasteiger partial charge in [0.15, 0.2) is 0 Å². The summed E-state index contributed by atoms with van der Waals surface area (Å²) in [6.07, 6.45) is 1.13. The van der Waals surface area contributed by atoms with Gasteiger partial charge in [0.05, 0.1) is 7.11 Å². The number of methoxy groups -OCH3 is 1. The minimum Gasteiger partial charge on any atom is -0.497 e. The number of ether oxygens (including phenoxy) is 1. The summed E-state index contributed by atoms with van der Waals surface area (Å²) in [7, 11) is 3.69. The number of nitrogens with one attached hydrogen (secondary N) is 1. The van der Waals surface area contributed by atoms with E-state index < -0.39 is 0 Å². The Kier molecular flexibility index (Phi) is 4.15. The lowest BCUT2D eigenvalue weighted by Gasteiger charge is -2.25. The average Bonchev–Trinajstić information content (AvgIpc) is 2.26. The van der Waals surface area contributed by atoms with Crippen molar-refractivity contribution in [3.8, 4) is 5.75 Å². The van der Waals surface area contributed by atoms with Crippen LogP contribution in [0.5, 0.6) is 5.75 Å². The molecule has 0 fully saturated rings. The monoisotopic (exact) mass is 207 g/mol. The molecule has 84 valence electrons. The van der Waals surface area contributed by atoms with Gasteiger partial charge in [-0.15, -0.1) is 0 Å². The molecule has 2 heteroatoms. The van der Waals surface area contributed by atoms with E-state index in [1.165, 1.54) is 5.56 Å². The van der Waals surface area contributed by atoms with Crippen molar-refractivity contribution in [3.05, 3.63) is 29.8 Å². The Labute approximate surface area is 92.6 Å². The van der Waals surface area contributed by atoms with Gasteiger partial charge in [-0.3, -0.25) is 0 Å². The summed E-state index contributed by atoms with van der Waals surface area (Å²) in [6.45, 7) is 5.58. The van der Waals surface area contributed by atoms with Crippen LogP contribution >= 0.6 is 0 Å². The lowest BCUT2D eigenvalue weighted by Crippen LogP contribution is -2.23. The van der Waals surface area contributed by atoms with Crippen molar-refractivity contribution in [2.24, 2.45) is 0 Å². The van der Waals surface area contributed by atoms with Crippen LogP contribution in [0, 0.1) is 0 Å².